The average molecular weight is 549 g/mol. The molecule has 0 N–H and O–H groups in total. The monoisotopic (exact) mass is 548 g/mol. The zero-order valence-corrected chi connectivity index (χ0v) is 23.2. The first-order valence-corrected chi connectivity index (χ1v) is 14.5. The van der Waals surface area contributed by atoms with Crippen LogP contribution in [0.2, 0.25) is 0 Å². The van der Waals surface area contributed by atoms with Crippen molar-refractivity contribution in [2.45, 2.75) is 0 Å². The van der Waals surface area contributed by atoms with E-state index in [9.17, 15) is 0 Å². The van der Waals surface area contributed by atoms with Gasteiger partial charge in [0.15, 0.2) is 0 Å². The summed E-state index contributed by atoms with van der Waals surface area (Å²) in [6, 6.07) is 46.9. The van der Waals surface area contributed by atoms with Gasteiger partial charge in [-0.25, -0.2) is 4.98 Å². The first-order chi connectivity index (χ1) is 21.3. The molecule has 0 bridgehead atoms. The number of hydrogen-bond acceptors (Lipinski definition) is 3. The molecule has 43 heavy (non-hydrogen) atoms. The van der Waals surface area contributed by atoms with Crippen LogP contribution in [0.1, 0.15) is 0 Å². The van der Waals surface area contributed by atoms with E-state index < -0.39 is 0 Å². The smallest absolute Gasteiger partial charge is 0.146 e. The fourth-order valence-electron chi connectivity index (χ4n) is 6.67. The SMILES string of the molecule is c1cncc(-c2cccc(-c3c4ccccc4c(-c4oc5ccccc5c5nc6ccccc6c4-5)c4ccccc34)c2)c1. The van der Waals surface area contributed by atoms with E-state index in [2.05, 4.69) is 114 Å². The van der Waals surface area contributed by atoms with Gasteiger partial charge in [0.05, 0.1) is 16.8 Å². The van der Waals surface area contributed by atoms with Crippen LogP contribution in [0.25, 0.3) is 88.3 Å². The molecular formula is C40H24N2O. The lowest BCUT2D eigenvalue weighted by atomic mass is 9.85. The predicted molar refractivity (Wildman–Crippen MR) is 177 cm³/mol. The van der Waals surface area contributed by atoms with Gasteiger partial charge < -0.3 is 4.42 Å². The van der Waals surface area contributed by atoms with Crippen molar-refractivity contribution in [2.24, 2.45) is 0 Å². The van der Waals surface area contributed by atoms with Gasteiger partial charge in [0.1, 0.15) is 11.3 Å². The molecular weight excluding hydrogens is 524 g/mol. The highest BCUT2D eigenvalue weighted by atomic mass is 16.3. The van der Waals surface area contributed by atoms with Gasteiger partial charge in [-0.1, -0.05) is 103 Å². The maximum atomic E-state index is 6.92. The Morgan fingerprint density at radius 2 is 1.05 bits per heavy atom. The normalized spacial score (nSPS) is 11.7. The Morgan fingerprint density at radius 1 is 0.442 bits per heavy atom. The minimum Gasteiger partial charge on any atom is -0.455 e. The third kappa shape index (κ3) is 3.62. The molecule has 2 aliphatic rings. The largest absolute Gasteiger partial charge is 0.455 e. The molecule has 0 spiro atoms. The van der Waals surface area contributed by atoms with Crippen LogP contribution < -0.4 is 0 Å². The summed E-state index contributed by atoms with van der Waals surface area (Å²) in [7, 11) is 0. The average Bonchev–Trinajstić information content (AvgIpc) is 3.48. The molecule has 3 heteroatoms. The summed E-state index contributed by atoms with van der Waals surface area (Å²) in [5.41, 5.74) is 9.54. The maximum absolute atomic E-state index is 6.92. The van der Waals surface area contributed by atoms with Crippen molar-refractivity contribution in [3.05, 3.63) is 146 Å². The summed E-state index contributed by atoms with van der Waals surface area (Å²) in [6.07, 6.45) is 3.73. The van der Waals surface area contributed by atoms with Crippen LogP contribution >= 0.6 is 0 Å². The lowest BCUT2D eigenvalue weighted by Gasteiger charge is -2.19. The molecule has 0 radical (unpaired) electrons. The van der Waals surface area contributed by atoms with E-state index in [1.165, 1.54) is 21.9 Å². The highest BCUT2D eigenvalue weighted by Crippen LogP contribution is 2.50. The molecule has 7 aromatic rings. The molecule has 3 nitrogen and oxygen atoms in total. The molecule has 0 fully saturated rings. The highest BCUT2D eigenvalue weighted by molar-refractivity contribution is 6.24. The Hall–Kier alpha value is -5.80. The number of fused-ring (bicyclic) bond motifs is 7. The second-order valence-corrected chi connectivity index (χ2v) is 10.9. The highest BCUT2D eigenvalue weighted by Gasteiger charge is 2.26. The molecule has 2 aliphatic heterocycles. The first-order valence-electron chi connectivity index (χ1n) is 14.5. The lowest BCUT2D eigenvalue weighted by molar-refractivity contribution is 0.623. The van der Waals surface area contributed by atoms with Crippen molar-refractivity contribution in [1.82, 2.24) is 9.97 Å². The summed E-state index contributed by atoms with van der Waals surface area (Å²) in [6.45, 7) is 0. The molecule has 0 unspecified atom stereocenters. The van der Waals surface area contributed by atoms with Crippen molar-refractivity contribution in [1.29, 1.82) is 0 Å². The third-order valence-corrected chi connectivity index (χ3v) is 8.53. The van der Waals surface area contributed by atoms with E-state index >= 15 is 0 Å². The van der Waals surface area contributed by atoms with Gasteiger partial charge in [0, 0.05) is 34.3 Å². The van der Waals surface area contributed by atoms with Gasteiger partial charge in [-0.15, -0.1) is 0 Å². The number of hydrogen-bond donors (Lipinski definition) is 0. The van der Waals surface area contributed by atoms with Gasteiger partial charge in [0.25, 0.3) is 0 Å². The summed E-state index contributed by atoms with van der Waals surface area (Å²) < 4.78 is 6.92. The standard InChI is InChI=1S/C40H24N2O/c1-3-16-30-28(14-1)36(26-12-9-11-25(23-26)27-13-10-22-41-24-27)29-15-2-4-17-31(29)37(30)40-38-32-18-5-7-20-34(32)42-39(38)33-19-6-8-21-35(33)43-40/h1-24H. The zero-order chi connectivity index (χ0) is 28.3. The van der Waals surface area contributed by atoms with Crippen molar-refractivity contribution in [3.63, 3.8) is 0 Å². The fourth-order valence-corrected chi connectivity index (χ4v) is 6.67. The number of benzene rings is 6. The van der Waals surface area contributed by atoms with Crippen molar-refractivity contribution >= 4 is 43.4 Å². The van der Waals surface area contributed by atoms with E-state index in [0.717, 1.165) is 66.4 Å². The third-order valence-electron chi connectivity index (χ3n) is 8.53. The second kappa shape index (κ2) is 9.37. The Balaban J connectivity index is 1.43. The van der Waals surface area contributed by atoms with Crippen molar-refractivity contribution in [3.8, 4) is 44.8 Å². The minimum atomic E-state index is 0.828. The Morgan fingerprint density at radius 3 is 1.77 bits per heavy atom. The van der Waals surface area contributed by atoms with Gasteiger partial charge in [-0.3, -0.25) is 4.98 Å². The number of aromatic nitrogens is 2. The topological polar surface area (TPSA) is 38.9 Å². The number of nitrogens with zero attached hydrogens (tertiary/aromatic N) is 2. The van der Waals surface area contributed by atoms with E-state index in [0.29, 0.717) is 0 Å². The summed E-state index contributed by atoms with van der Waals surface area (Å²) in [4.78, 5) is 9.48. The molecule has 1 aromatic heterocycles. The van der Waals surface area contributed by atoms with Gasteiger partial charge in [-0.2, -0.15) is 0 Å². The fraction of sp³-hybridized carbons (Fsp3) is 0. The number of rotatable bonds is 3. The van der Waals surface area contributed by atoms with Crippen molar-refractivity contribution in [2.75, 3.05) is 0 Å². The summed E-state index contributed by atoms with van der Waals surface area (Å²) in [5.74, 6) is 0.852. The first kappa shape index (κ1) is 23.9. The minimum absolute atomic E-state index is 0.828. The second-order valence-electron chi connectivity index (χ2n) is 10.9. The molecule has 6 aromatic carbocycles. The van der Waals surface area contributed by atoms with Crippen LogP contribution in [0.4, 0.5) is 0 Å². The molecule has 0 aliphatic carbocycles. The van der Waals surface area contributed by atoms with E-state index in [-0.39, 0.29) is 0 Å². The molecule has 9 rings (SSSR count). The molecule has 0 saturated carbocycles. The summed E-state index contributed by atoms with van der Waals surface area (Å²) >= 11 is 0. The predicted octanol–water partition coefficient (Wildman–Crippen LogP) is 10.8. The number of para-hydroxylation sites is 2. The van der Waals surface area contributed by atoms with E-state index in [1.807, 2.05) is 36.7 Å². The van der Waals surface area contributed by atoms with E-state index in [1.54, 1.807) is 0 Å². The van der Waals surface area contributed by atoms with Crippen LogP contribution in [0.15, 0.2) is 150 Å². The molecule has 0 saturated heterocycles. The quantitative estimate of drug-likeness (QED) is 0.206. The molecule has 200 valence electrons. The Bertz CT molecular complexity index is 2400. The van der Waals surface area contributed by atoms with Crippen LogP contribution in [-0.4, -0.2) is 9.97 Å². The van der Waals surface area contributed by atoms with Crippen molar-refractivity contribution < 1.29 is 4.42 Å². The summed E-state index contributed by atoms with van der Waals surface area (Å²) in [5, 5.41) is 6.78. The molecule has 3 heterocycles. The van der Waals surface area contributed by atoms with Crippen LogP contribution in [0.5, 0.6) is 0 Å². The van der Waals surface area contributed by atoms with Crippen LogP contribution in [-0.2, 0) is 0 Å². The zero-order valence-electron chi connectivity index (χ0n) is 23.2. The van der Waals surface area contributed by atoms with Gasteiger partial charge in [0.2, 0.25) is 0 Å². The van der Waals surface area contributed by atoms with Gasteiger partial charge in [-0.05, 0) is 68.6 Å². The molecule has 0 atom stereocenters. The lowest BCUT2D eigenvalue weighted by Crippen LogP contribution is -1.94. The van der Waals surface area contributed by atoms with E-state index in [4.69, 9.17) is 9.40 Å². The Kier molecular flexibility index (Phi) is 5.20. The van der Waals surface area contributed by atoms with Gasteiger partial charge >= 0.3 is 0 Å². The van der Waals surface area contributed by atoms with Crippen LogP contribution in [0, 0.1) is 0 Å². The molecule has 0 amide bonds. The number of pyridine rings is 1. The van der Waals surface area contributed by atoms with Crippen LogP contribution in [0.3, 0.4) is 0 Å². The Labute approximate surface area is 248 Å². The maximum Gasteiger partial charge on any atom is 0.146 e.